The molecule has 0 bridgehead atoms. The van der Waals surface area contributed by atoms with E-state index in [2.05, 4.69) is 116 Å². The van der Waals surface area contributed by atoms with Gasteiger partial charge in [0, 0.05) is 6.42 Å². The van der Waals surface area contributed by atoms with E-state index in [4.69, 9.17) is 8.85 Å². The first kappa shape index (κ1) is 33.2. The Morgan fingerprint density at radius 2 is 1.08 bits per heavy atom. The topological polar surface area (TPSA) is 35.5 Å². The zero-order valence-electron chi connectivity index (χ0n) is 26.4. The first-order valence-corrected chi connectivity index (χ1v) is 20.1. The number of hydrogen-bond donors (Lipinski definition) is 0. The van der Waals surface area contributed by atoms with Gasteiger partial charge in [0.2, 0.25) is 0 Å². The van der Waals surface area contributed by atoms with Crippen molar-refractivity contribution >= 4 is 34.6 Å². The molecule has 39 heavy (non-hydrogen) atoms. The molecule has 5 heteroatoms. The van der Waals surface area contributed by atoms with Gasteiger partial charge < -0.3 is 8.85 Å². The van der Waals surface area contributed by atoms with E-state index < -0.39 is 16.6 Å². The average Bonchev–Trinajstić information content (AvgIpc) is 2.84. The fraction of sp³-hybridized carbons (Fsp3) is 0.500. The molecule has 0 saturated carbocycles. The van der Waals surface area contributed by atoms with Gasteiger partial charge in [0.25, 0.3) is 0 Å². The molecule has 2 aromatic carbocycles. The van der Waals surface area contributed by atoms with Gasteiger partial charge in [-0.25, -0.2) is 0 Å². The number of hydrogen-bond acceptors (Lipinski definition) is 3. The molecule has 1 unspecified atom stereocenters. The molecule has 1 atom stereocenters. The van der Waals surface area contributed by atoms with E-state index in [1.165, 1.54) is 0 Å². The van der Waals surface area contributed by atoms with Crippen molar-refractivity contribution in [1.29, 1.82) is 0 Å². The molecule has 0 radical (unpaired) electrons. The zero-order valence-corrected chi connectivity index (χ0v) is 28.4. The molecule has 0 aliphatic heterocycles. The van der Waals surface area contributed by atoms with Gasteiger partial charge in [-0.1, -0.05) is 121 Å². The molecule has 2 aromatic rings. The van der Waals surface area contributed by atoms with E-state index in [9.17, 15) is 4.79 Å². The molecule has 0 aliphatic rings. The molecule has 0 heterocycles. The van der Waals surface area contributed by atoms with Gasteiger partial charge in [0.15, 0.2) is 16.6 Å². The van der Waals surface area contributed by atoms with Crippen LogP contribution in [0.3, 0.4) is 0 Å². The summed E-state index contributed by atoms with van der Waals surface area (Å²) in [5, 5.41) is 0.342. The van der Waals surface area contributed by atoms with Crippen molar-refractivity contribution in [3.05, 3.63) is 82.9 Å². The molecule has 0 saturated heterocycles. The molecule has 0 fully saturated rings. The molecule has 2 rings (SSSR count). The van der Waals surface area contributed by atoms with Gasteiger partial charge >= 0.3 is 0 Å². The minimum Gasteiger partial charge on any atom is -0.413 e. The summed E-state index contributed by atoms with van der Waals surface area (Å²) in [7, 11) is -3.64. The first-order valence-electron chi connectivity index (χ1n) is 14.3. The Balaban J connectivity index is 2.37. The summed E-state index contributed by atoms with van der Waals surface area (Å²) in [6.07, 6.45) is 8.89. The van der Waals surface area contributed by atoms with Crippen molar-refractivity contribution in [3.8, 4) is 0 Å². The molecule has 0 spiro atoms. The molecule has 214 valence electrons. The molecular formula is C34H52O3Si2. The second kappa shape index (κ2) is 13.5. The van der Waals surface area contributed by atoms with Crippen molar-refractivity contribution in [2.45, 2.75) is 97.1 Å². The fourth-order valence-corrected chi connectivity index (χ4v) is 5.76. The van der Waals surface area contributed by atoms with Gasteiger partial charge in [-0.3, -0.25) is 4.79 Å². The molecule has 0 amide bonds. The van der Waals surface area contributed by atoms with Crippen molar-refractivity contribution in [2.75, 3.05) is 13.2 Å². The summed E-state index contributed by atoms with van der Waals surface area (Å²) in [5.74, 6) is -0.119. The average molecular weight is 565 g/mol. The standard InChI is InChI=1S/C34H52O3Si2/c1-12-31(35)32(29-23-15-13-19-27(29)21-17-25-36-38(8,9)33(2,3)4)30-24-16-14-20-28(30)22-18-26-37-39(10,11)34(5,6)7/h13-24,32H,12,25-26H2,1-11H3/b21-17-,22-18+. The Morgan fingerprint density at radius 3 is 1.41 bits per heavy atom. The fourth-order valence-electron chi connectivity index (χ4n) is 3.87. The molecule has 3 nitrogen and oxygen atoms in total. The molecule has 0 aromatic heterocycles. The van der Waals surface area contributed by atoms with Crippen LogP contribution in [0.25, 0.3) is 12.2 Å². The smallest absolute Gasteiger partial charge is 0.192 e. The third-order valence-electron chi connectivity index (χ3n) is 8.57. The van der Waals surface area contributed by atoms with Gasteiger partial charge in [0.05, 0.1) is 19.1 Å². The highest BCUT2D eigenvalue weighted by Crippen LogP contribution is 2.38. The number of Topliss-reactive ketones (excluding diaryl/α,β-unsaturated/α-hetero) is 1. The highest BCUT2D eigenvalue weighted by Gasteiger charge is 2.37. The Labute approximate surface area is 241 Å². The van der Waals surface area contributed by atoms with Crippen LogP contribution in [0.4, 0.5) is 0 Å². The minimum absolute atomic E-state index is 0.171. The maximum atomic E-state index is 13.5. The highest BCUT2D eigenvalue weighted by molar-refractivity contribution is 6.74. The van der Waals surface area contributed by atoms with E-state index >= 15 is 0 Å². The SMILES string of the molecule is CCC(=O)C(c1ccccc1/C=C\CO[Si](C)(C)C(C)(C)C)c1ccccc1/C=C/CO[Si](C)(C)C(C)(C)C. The summed E-state index contributed by atoms with van der Waals surface area (Å²) >= 11 is 0. The second-order valence-corrected chi connectivity index (χ2v) is 23.1. The van der Waals surface area contributed by atoms with Crippen LogP contribution in [0.1, 0.15) is 83.1 Å². The lowest BCUT2D eigenvalue weighted by molar-refractivity contribution is -0.119. The van der Waals surface area contributed by atoms with Crippen LogP contribution in [-0.2, 0) is 13.6 Å². The second-order valence-electron chi connectivity index (χ2n) is 13.5. The summed E-state index contributed by atoms with van der Waals surface area (Å²) in [6, 6.07) is 16.5. The lowest BCUT2D eigenvalue weighted by Crippen LogP contribution is -2.40. The largest absolute Gasteiger partial charge is 0.413 e. The normalized spacial score (nSPS) is 14.3. The van der Waals surface area contributed by atoms with Gasteiger partial charge in [-0.2, -0.15) is 0 Å². The molecule has 0 aliphatic carbocycles. The van der Waals surface area contributed by atoms with Crippen LogP contribution in [0.5, 0.6) is 0 Å². The monoisotopic (exact) mass is 564 g/mol. The van der Waals surface area contributed by atoms with Crippen LogP contribution in [0, 0.1) is 0 Å². The maximum Gasteiger partial charge on any atom is 0.192 e. The highest BCUT2D eigenvalue weighted by atomic mass is 28.4. The number of rotatable bonds is 12. The third-order valence-corrected chi connectivity index (χ3v) is 17.6. The number of benzene rings is 2. The van der Waals surface area contributed by atoms with Crippen LogP contribution < -0.4 is 0 Å². The third kappa shape index (κ3) is 8.97. The van der Waals surface area contributed by atoms with Crippen molar-refractivity contribution in [1.82, 2.24) is 0 Å². The van der Waals surface area contributed by atoms with Crippen LogP contribution in [0.15, 0.2) is 60.7 Å². The first-order chi connectivity index (χ1) is 18.0. The molecule has 0 N–H and O–H groups in total. The van der Waals surface area contributed by atoms with E-state index in [0.717, 1.165) is 22.3 Å². The van der Waals surface area contributed by atoms with Gasteiger partial charge in [-0.05, 0) is 58.5 Å². The zero-order chi connectivity index (χ0) is 29.5. The van der Waals surface area contributed by atoms with Gasteiger partial charge in [0.1, 0.15) is 5.78 Å². The number of carbonyl (C=O) groups is 1. The Kier molecular flexibility index (Phi) is 11.5. The number of carbonyl (C=O) groups excluding carboxylic acids is 1. The van der Waals surface area contributed by atoms with Crippen molar-refractivity contribution in [3.63, 3.8) is 0 Å². The molecular weight excluding hydrogens is 513 g/mol. The Bertz CT molecular complexity index is 1060. The lowest BCUT2D eigenvalue weighted by atomic mass is 9.82. The van der Waals surface area contributed by atoms with Crippen molar-refractivity contribution in [2.24, 2.45) is 0 Å². The van der Waals surface area contributed by atoms with E-state index in [0.29, 0.717) is 19.6 Å². The Hall–Kier alpha value is -2.06. The van der Waals surface area contributed by atoms with E-state index in [1.807, 2.05) is 31.2 Å². The summed E-state index contributed by atoms with van der Waals surface area (Å²) in [4.78, 5) is 13.5. The number of ketones is 1. The summed E-state index contributed by atoms with van der Waals surface area (Å²) in [5.41, 5.74) is 4.18. The maximum absolute atomic E-state index is 13.5. The quantitative estimate of drug-likeness (QED) is 0.241. The van der Waals surface area contributed by atoms with E-state index in [-0.39, 0.29) is 21.8 Å². The van der Waals surface area contributed by atoms with Crippen molar-refractivity contribution < 1.29 is 13.6 Å². The predicted octanol–water partition coefficient (Wildman–Crippen LogP) is 9.87. The van der Waals surface area contributed by atoms with Gasteiger partial charge in [-0.15, -0.1) is 0 Å². The summed E-state index contributed by atoms with van der Waals surface area (Å²) < 4.78 is 12.7. The Morgan fingerprint density at radius 1 is 0.718 bits per heavy atom. The van der Waals surface area contributed by atoms with Crippen LogP contribution in [-0.4, -0.2) is 35.6 Å². The minimum atomic E-state index is -1.82. The van der Waals surface area contributed by atoms with Crippen LogP contribution >= 0.6 is 0 Å². The predicted molar refractivity (Wildman–Crippen MR) is 174 cm³/mol. The van der Waals surface area contributed by atoms with E-state index in [1.54, 1.807) is 0 Å². The summed E-state index contributed by atoms with van der Waals surface area (Å²) in [6.45, 7) is 25.7. The lowest BCUT2D eigenvalue weighted by Gasteiger charge is -2.35. The van der Waals surface area contributed by atoms with Crippen LogP contribution in [0.2, 0.25) is 36.3 Å².